The van der Waals surface area contributed by atoms with E-state index >= 15 is 0 Å². The lowest BCUT2D eigenvalue weighted by Gasteiger charge is -2.32. The van der Waals surface area contributed by atoms with Gasteiger partial charge in [0, 0.05) is 18.9 Å². The third-order valence-electron chi connectivity index (χ3n) is 7.04. The van der Waals surface area contributed by atoms with Gasteiger partial charge in [0.2, 0.25) is 5.91 Å². The average Bonchev–Trinajstić information content (AvgIpc) is 3.49. The molecule has 1 aliphatic heterocycles. The van der Waals surface area contributed by atoms with Crippen LogP contribution in [0.1, 0.15) is 36.0 Å². The van der Waals surface area contributed by atoms with Crippen molar-refractivity contribution >= 4 is 11.5 Å². The van der Waals surface area contributed by atoms with Crippen LogP contribution in [0.25, 0.3) is 5.57 Å². The topological polar surface area (TPSA) is 66.0 Å². The maximum atomic E-state index is 14.3. The Balaban J connectivity index is 1.46. The molecule has 2 aliphatic carbocycles. The van der Waals surface area contributed by atoms with E-state index in [0.29, 0.717) is 31.3 Å². The number of hydrogen-bond acceptors (Lipinski definition) is 5. The average molecular weight is 504 g/mol. The van der Waals surface area contributed by atoms with Crippen molar-refractivity contribution in [1.82, 2.24) is 5.32 Å². The molecule has 0 saturated carbocycles. The zero-order chi connectivity index (χ0) is 26.0. The van der Waals surface area contributed by atoms with E-state index in [9.17, 15) is 9.18 Å². The van der Waals surface area contributed by atoms with Crippen LogP contribution in [-0.2, 0) is 30.3 Å². The Morgan fingerprint density at radius 2 is 1.76 bits per heavy atom. The molecule has 1 fully saturated rings. The van der Waals surface area contributed by atoms with Crippen molar-refractivity contribution < 1.29 is 28.1 Å². The third kappa shape index (κ3) is 4.72. The van der Waals surface area contributed by atoms with Gasteiger partial charge in [-0.3, -0.25) is 4.79 Å². The largest absolute Gasteiger partial charge is 0.495 e. The summed E-state index contributed by atoms with van der Waals surface area (Å²) in [7, 11) is 3.13. The molecular formula is C30H30FNO5. The Labute approximate surface area is 216 Å². The zero-order valence-corrected chi connectivity index (χ0v) is 21.2. The van der Waals surface area contributed by atoms with E-state index in [1.165, 1.54) is 12.1 Å². The second-order valence-corrected chi connectivity index (χ2v) is 9.23. The van der Waals surface area contributed by atoms with Gasteiger partial charge in [-0.25, -0.2) is 4.39 Å². The first-order chi connectivity index (χ1) is 17.9. The van der Waals surface area contributed by atoms with Crippen molar-refractivity contribution in [2.24, 2.45) is 0 Å². The van der Waals surface area contributed by atoms with E-state index in [-0.39, 0.29) is 24.1 Å². The molecule has 37 heavy (non-hydrogen) atoms. The smallest absolute Gasteiger partial charge is 0.288 e. The molecule has 1 saturated heterocycles. The second kappa shape index (κ2) is 10.4. The predicted octanol–water partition coefficient (Wildman–Crippen LogP) is 5.15. The number of amides is 1. The molecule has 1 atom stereocenters. The Hall–Kier alpha value is -3.68. The Morgan fingerprint density at radius 3 is 2.41 bits per heavy atom. The van der Waals surface area contributed by atoms with Gasteiger partial charge in [0.05, 0.1) is 27.4 Å². The van der Waals surface area contributed by atoms with E-state index < -0.39 is 5.79 Å². The molecule has 1 N–H and O–H groups in total. The van der Waals surface area contributed by atoms with Gasteiger partial charge in [-0.1, -0.05) is 42.0 Å². The van der Waals surface area contributed by atoms with E-state index in [4.69, 9.17) is 18.9 Å². The molecule has 1 amide bonds. The summed E-state index contributed by atoms with van der Waals surface area (Å²) in [6.07, 6.45) is 5.95. The van der Waals surface area contributed by atoms with E-state index in [1.807, 2.05) is 55.5 Å². The molecule has 192 valence electrons. The fourth-order valence-corrected chi connectivity index (χ4v) is 5.20. The fourth-order valence-electron chi connectivity index (χ4n) is 5.20. The van der Waals surface area contributed by atoms with Crippen LogP contribution in [0.5, 0.6) is 0 Å². The number of ether oxygens (including phenoxy) is 4. The lowest BCUT2D eigenvalue weighted by atomic mass is 9.92. The van der Waals surface area contributed by atoms with Gasteiger partial charge in [-0.15, -0.1) is 0 Å². The Kier molecular flexibility index (Phi) is 7.00. The normalized spacial score (nSPS) is 19.9. The number of carbonyl (C=O) groups excluding carboxylic acids is 1. The van der Waals surface area contributed by atoms with Crippen molar-refractivity contribution in [1.29, 1.82) is 0 Å². The molecule has 1 spiro atoms. The van der Waals surface area contributed by atoms with E-state index in [1.54, 1.807) is 20.3 Å². The highest BCUT2D eigenvalue weighted by atomic mass is 19.1. The van der Waals surface area contributed by atoms with Gasteiger partial charge in [-0.05, 0) is 65.1 Å². The molecular weight excluding hydrogens is 473 g/mol. The minimum absolute atomic E-state index is 0.0874. The highest BCUT2D eigenvalue weighted by Crippen LogP contribution is 2.46. The number of methoxy groups -OCH3 is 2. The summed E-state index contributed by atoms with van der Waals surface area (Å²) >= 11 is 0. The molecule has 7 heteroatoms. The lowest BCUT2D eigenvalue weighted by Crippen LogP contribution is -2.38. The summed E-state index contributed by atoms with van der Waals surface area (Å²) in [5.74, 6) is -0.850. The molecule has 0 radical (unpaired) electrons. The van der Waals surface area contributed by atoms with Crippen LogP contribution in [0.2, 0.25) is 0 Å². The summed E-state index contributed by atoms with van der Waals surface area (Å²) < 4.78 is 37.3. The molecule has 5 rings (SSSR count). The second-order valence-electron chi connectivity index (χ2n) is 9.23. The first-order valence-electron chi connectivity index (χ1n) is 12.3. The summed E-state index contributed by atoms with van der Waals surface area (Å²) in [5, 5.41) is 2.99. The maximum Gasteiger partial charge on any atom is 0.288 e. The number of carbonyl (C=O) groups is 1. The molecule has 6 nitrogen and oxygen atoms in total. The first kappa shape index (κ1) is 25.0. The first-order valence-corrected chi connectivity index (χ1v) is 12.3. The summed E-state index contributed by atoms with van der Waals surface area (Å²) in [4.78, 5) is 12.9. The number of benzene rings is 2. The van der Waals surface area contributed by atoms with Crippen LogP contribution in [0.3, 0.4) is 0 Å². The van der Waals surface area contributed by atoms with Gasteiger partial charge in [0.1, 0.15) is 5.82 Å². The van der Waals surface area contributed by atoms with E-state index in [0.717, 1.165) is 33.4 Å². The molecule has 0 aromatic heterocycles. The Morgan fingerprint density at radius 1 is 1.08 bits per heavy atom. The van der Waals surface area contributed by atoms with Crippen LogP contribution >= 0.6 is 0 Å². The molecule has 2 aromatic carbocycles. The van der Waals surface area contributed by atoms with Gasteiger partial charge in [0.15, 0.2) is 11.5 Å². The van der Waals surface area contributed by atoms with Crippen molar-refractivity contribution in [2.75, 3.05) is 27.4 Å². The summed E-state index contributed by atoms with van der Waals surface area (Å²) in [6.45, 7) is 3.30. The van der Waals surface area contributed by atoms with E-state index in [2.05, 4.69) is 5.32 Å². The number of allylic oxidation sites excluding steroid dienone is 6. The SMILES string of the molecule is COC1=CC(=CC2=C(C)C(CC(=O)NCc3ccccc3)c3cc(F)ccc32)C=C(OC)C12OCCO2. The van der Waals surface area contributed by atoms with Crippen molar-refractivity contribution in [3.05, 3.63) is 112 Å². The van der Waals surface area contributed by atoms with Crippen LogP contribution in [0.15, 0.2) is 89.4 Å². The standard InChI is InChI=1S/C30H30FNO5/c1-19-24(13-21-14-27(34-2)30(28(15-21)35-3)36-11-12-37-30)23-10-9-22(31)16-26(23)25(19)17-29(33)32-18-20-7-5-4-6-8-20/h4-10,13-16,25H,11-12,17-18H2,1-3H3,(H,32,33). The third-order valence-corrected chi connectivity index (χ3v) is 7.04. The van der Waals surface area contributed by atoms with Gasteiger partial charge in [0.25, 0.3) is 5.79 Å². The molecule has 0 bridgehead atoms. The van der Waals surface area contributed by atoms with Crippen LogP contribution in [-0.4, -0.2) is 39.1 Å². The Bertz CT molecular complexity index is 1290. The van der Waals surface area contributed by atoms with Gasteiger partial charge in [-0.2, -0.15) is 0 Å². The van der Waals surface area contributed by atoms with Crippen molar-refractivity contribution in [3.63, 3.8) is 0 Å². The van der Waals surface area contributed by atoms with Gasteiger partial charge >= 0.3 is 0 Å². The highest BCUT2D eigenvalue weighted by molar-refractivity contribution is 5.88. The minimum Gasteiger partial charge on any atom is -0.495 e. The van der Waals surface area contributed by atoms with Crippen molar-refractivity contribution in [2.45, 2.75) is 31.6 Å². The van der Waals surface area contributed by atoms with Crippen molar-refractivity contribution in [3.8, 4) is 0 Å². The summed E-state index contributed by atoms with van der Waals surface area (Å²) in [6, 6.07) is 14.5. The molecule has 1 heterocycles. The fraction of sp³-hybridized carbons (Fsp3) is 0.300. The number of rotatable bonds is 7. The lowest BCUT2D eigenvalue weighted by molar-refractivity contribution is -0.150. The van der Waals surface area contributed by atoms with Crippen LogP contribution in [0, 0.1) is 5.82 Å². The highest BCUT2D eigenvalue weighted by Gasteiger charge is 2.49. The van der Waals surface area contributed by atoms with Gasteiger partial charge < -0.3 is 24.3 Å². The quantitative estimate of drug-likeness (QED) is 0.566. The maximum absolute atomic E-state index is 14.3. The number of nitrogens with one attached hydrogen (secondary N) is 1. The minimum atomic E-state index is -1.18. The monoisotopic (exact) mass is 503 g/mol. The molecule has 1 unspecified atom stereocenters. The number of fused-ring (bicyclic) bond motifs is 1. The molecule has 3 aliphatic rings. The number of hydrogen-bond donors (Lipinski definition) is 1. The summed E-state index contributed by atoms with van der Waals surface area (Å²) in [5.41, 5.74) is 5.49. The van der Waals surface area contributed by atoms with Crippen LogP contribution < -0.4 is 5.32 Å². The zero-order valence-electron chi connectivity index (χ0n) is 21.2. The predicted molar refractivity (Wildman–Crippen MR) is 138 cm³/mol. The molecule has 2 aromatic rings. The van der Waals surface area contributed by atoms with Crippen LogP contribution in [0.4, 0.5) is 4.39 Å². The number of halogens is 1.